The molecule has 4 heterocycles. The third-order valence-corrected chi connectivity index (χ3v) is 7.97. The van der Waals surface area contributed by atoms with Gasteiger partial charge < -0.3 is 19.7 Å². The molecule has 5 atom stereocenters. The van der Waals surface area contributed by atoms with E-state index in [1.807, 2.05) is 31.2 Å². The summed E-state index contributed by atoms with van der Waals surface area (Å²) in [6, 6.07) is 7.80. The maximum absolute atomic E-state index is 11.1. The summed E-state index contributed by atoms with van der Waals surface area (Å²) in [5, 5.41) is 22.0. The van der Waals surface area contributed by atoms with Crippen molar-refractivity contribution < 1.29 is 19.7 Å². The molecule has 6 nitrogen and oxygen atoms in total. The van der Waals surface area contributed by atoms with Crippen LogP contribution in [0.2, 0.25) is 0 Å². The van der Waals surface area contributed by atoms with Gasteiger partial charge in [-0.3, -0.25) is 9.97 Å². The number of aliphatic hydroxyl groups is 2. The maximum Gasteiger partial charge on any atom is 0.117 e. The lowest BCUT2D eigenvalue weighted by molar-refractivity contribution is 0.0170. The highest BCUT2D eigenvalue weighted by atomic mass is 33.1. The van der Waals surface area contributed by atoms with Gasteiger partial charge in [-0.2, -0.15) is 0 Å². The van der Waals surface area contributed by atoms with Gasteiger partial charge in [-0.05, 0) is 25.5 Å². The Morgan fingerprint density at radius 3 is 2.32 bits per heavy atom. The number of thiol groups is 1. The van der Waals surface area contributed by atoms with Crippen molar-refractivity contribution in [3.05, 3.63) is 59.2 Å². The number of pyridine rings is 2. The van der Waals surface area contributed by atoms with E-state index in [4.69, 9.17) is 9.47 Å². The molecule has 2 saturated heterocycles. The van der Waals surface area contributed by atoms with E-state index in [0.717, 1.165) is 28.9 Å². The molecule has 0 saturated carbocycles. The van der Waals surface area contributed by atoms with Gasteiger partial charge >= 0.3 is 0 Å². The first-order valence-corrected chi connectivity index (χ1v) is 12.6. The Bertz CT molecular complexity index is 874. The molecule has 4 rings (SSSR count). The number of rotatable bonds is 7. The molecule has 2 aliphatic rings. The Kier molecular flexibility index (Phi) is 6.96. The van der Waals surface area contributed by atoms with Crippen molar-refractivity contribution in [2.75, 3.05) is 19.8 Å². The van der Waals surface area contributed by atoms with Gasteiger partial charge in [0.25, 0.3) is 0 Å². The topological polar surface area (TPSA) is 84.7 Å². The summed E-state index contributed by atoms with van der Waals surface area (Å²) in [5.41, 5.74) is 1.55. The highest BCUT2D eigenvalue weighted by molar-refractivity contribution is 8.68. The maximum atomic E-state index is 11.1. The molecule has 3 unspecified atom stereocenters. The molecule has 2 N–H and O–H groups in total. The van der Waals surface area contributed by atoms with Gasteiger partial charge in [0.1, 0.15) is 11.2 Å². The fraction of sp³-hybridized carbons (Fsp3) is 0.565. The number of aromatic nitrogens is 2. The van der Waals surface area contributed by atoms with Crippen LogP contribution in [0.4, 0.5) is 0 Å². The van der Waals surface area contributed by atoms with Gasteiger partial charge in [0, 0.05) is 54.6 Å². The third-order valence-electron chi connectivity index (χ3n) is 6.47. The Hall–Kier alpha value is -1.16. The first-order chi connectivity index (χ1) is 14.8. The van der Waals surface area contributed by atoms with Crippen molar-refractivity contribution in [1.82, 2.24) is 9.97 Å². The zero-order chi connectivity index (χ0) is 22.1. The van der Waals surface area contributed by atoms with Crippen LogP contribution in [0.25, 0.3) is 0 Å². The zero-order valence-electron chi connectivity index (χ0n) is 17.9. The largest absolute Gasteiger partial charge is 0.383 e. The molecule has 2 fully saturated rings. The van der Waals surface area contributed by atoms with E-state index in [0.29, 0.717) is 26.1 Å². The SMILES string of the molecule is CC(CC1C[C@](O)(c2ccc(C(C)SS)nc2)CO1)c1ccc([C@]2(O)CCOC2)cn1. The lowest BCUT2D eigenvalue weighted by Crippen LogP contribution is -2.26. The lowest BCUT2D eigenvalue weighted by Gasteiger charge is -2.23. The predicted octanol–water partition coefficient (Wildman–Crippen LogP) is 3.89. The minimum atomic E-state index is -1.02. The fourth-order valence-electron chi connectivity index (χ4n) is 4.35. The van der Waals surface area contributed by atoms with Gasteiger partial charge in [0.15, 0.2) is 0 Å². The minimum Gasteiger partial charge on any atom is -0.383 e. The minimum absolute atomic E-state index is 0.0551. The Labute approximate surface area is 192 Å². The summed E-state index contributed by atoms with van der Waals surface area (Å²) >= 11 is 4.25. The van der Waals surface area contributed by atoms with Crippen LogP contribution in [-0.4, -0.2) is 46.1 Å². The second-order valence-corrected chi connectivity index (χ2v) is 10.4. The standard InChI is InChI=1S/C23H30N2O4S2/c1-15(20-5-3-17(11-24-20)22(26)7-8-28-13-22)9-19-10-23(27,14-29-19)18-4-6-21(25-12-18)16(2)31-30/h3-6,11-12,15-16,19,26-27,30H,7-10,13-14H2,1-2H3/t15?,16?,19?,22-,23+/m0/s1. The summed E-state index contributed by atoms with van der Waals surface area (Å²) < 4.78 is 11.3. The quantitative estimate of drug-likeness (QED) is 0.425. The number of hydrogen-bond acceptors (Lipinski definition) is 8. The van der Waals surface area contributed by atoms with Crippen LogP contribution in [0, 0.1) is 0 Å². The van der Waals surface area contributed by atoms with E-state index in [1.165, 1.54) is 10.8 Å². The average Bonchev–Trinajstić information content (AvgIpc) is 3.40. The molecule has 0 amide bonds. The molecule has 0 radical (unpaired) electrons. The van der Waals surface area contributed by atoms with E-state index < -0.39 is 11.2 Å². The highest BCUT2D eigenvalue weighted by Gasteiger charge is 2.41. The summed E-state index contributed by atoms with van der Waals surface area (Å²) in [6.07, 6.45) is 5.35. The van der Waals surface area contributed by atoms with Gasteiger partial charge in [-0.25, -0.2) is 0 Å². The van der Waals surface area contributed by atoms with Crippen LogP contribution in [-0.2, 0) is 20.7 Å². The van der Waals surface area contributed by atoms with Gasteiger partial charge in [-0.15, -0.1) is 11.7 Å². The first kappa shape index (κ1) is 23.0. The third kappa shape index (κ3) is 4.94. The Morgan fingerprint density at radius 1 is 1.06 bits per heavy atom. The molecule has 0 aliphatic carbocycles. The molecule has 0 aromatic carbocycles. The molecular weight excluding hydrogens is 432 g/mol. The molecular formula is C23H30N2O4S2. The van der Waals surface area contributed by atoms with Crippen LogP contribution < -0.4 is 0 Å². The van der Waals surface area contributed by atoms with Crippen molar-refractivity contribution in [2.24, 2.45) is 0 Å². The van der Waals surface area contributed by atoms with Gasteiger partial charge in [0.05, 0.1) is 30.3 Å². The van der Waals surface area contributed by atoms with Crippen LogP contribution in [0.3, 0.4) is 0 Å². The van der Waals surface area contributed by atoms with Gasteiger partial charge in [0.2, 0.25) is 0 Å². The van der Waals surface area contributed by atoms with Crippen LogP contribution >= 0.6 is 22.5 Å². The van der Waals surface area contributed by atoms with Crippen molar-refractivity contribution in [2.45, 2.75) is 61.6 Å². The van der Waals surface area contributed by atoms with Gasteiger partial charge in [-0.1, -0.05) is 29.9 Å². The molecule has 2 aliphatic heterocycles. The number of ether oxygens (including phenoxy) is 2. The van der Waals surface area contributed by atoms with Crippen LogP contribution in [0.1, 0.15) is 66.8 Å². The molecule has 2 aromatic rings. The van der Waals surface area contributed by atoms with E-state index in [2.05, 4.69) is 28.6 Å². The number of nitrogens with zero attached hydrogens (tertiary/aromatic N) is 2. The van der Waals surface area contributed by atoms with Crippen LogP contribution in [0.15, 0.2) is 36.7 Å². The smallest absolute Gasteiger partial charge is 0.117 e. The molecule has 31 heavy (non-hydrogen) atoms. The van der Waals surface area contributed by atoms with Crippen molar-refractivity contribution in [1.29, 1.82) is 0 Å². The molecule has 168 valence electrons. The van der Waals surface area contributed by atoms with E-state index in [-0.39, 0.29) is 23.9 Å². The average molecular weight is 463 g/mol. The highest BCUT2D eigenvalue weighted by Crippen LogP contribution is 2.38. The number of hydrogen-bond donors (Lipinski definition) is 3. The molecule has 0 bridgehead atoms. The lowest BCUT2D eigenvalue weighted by atomic mass is 9.88. The van der Waals surface area contributed by atoms with E-state index in [9.17, 15) is 10.2 Å². The van der Waals surface area contributed by atoms with Crippen molar-refractivity contribution >= 4 is 22.5 Å². The van der Waals surface area contributed by atoms with Crippen LogP contribution in [0.5, 0.6) is 0 Å². The fourth-order valence-corrected chi connectivity index (χ4v) is 4.92. The van der Waals surface area contributed by atoms with E-state index >= 15 is 0 Å². The summed E-state index contributed by atoms with van der Waals surface area (Å²) in [6.45, 7) is 5.32. The summed E-state index contributed by atoms with van der Waals surface area (Å²) in [7, 11) is 1.45. The summed E-state index contributed by atoms with van der Waals surface area (Å²) in [5.74, 6) is 0.171. The molecule has 0 spiro atoms. The normalized spacial score (nSPS) is 30.4. The first-order valence-electron chi connectivity index (χ1n) is 10.7. The predicted molar refractivity (Wildman–Crippen MR) is 124 cm³/mol. The van der Waals surface area contributed by atoms with E-state index in [1.54, 1.807) is 12.4 Å². The summed E-state index contributed by atoms with van der Waals surface area (Å²) in [4.78, 5) is 9.08. The van der Waals surface area contributed by atoms with Crippen molar-refractivity contribution in [3.8, 4) is 0 Å². The second kappa shape index (κ2) is 9.37. The monoisotopic (exact) mass is 462 g/mol. The van der Waals surface area contributed by atoms with Crippen molar-refractivity contribution in [3.63, 3.8) is 0 Å². The second-order valence-electron chi connectivity index (χ2n) is 8.83. The Balaban J connectivity index is 1.37. The zero-order valence-corrected chi connectivity index (χ0v) is 19.6. The Morgan fingerprint density at radius 2 is 1.74 bits per heavy atom. The molecule has 8 heteroatoms. The molecule has 2 aromatic heterocycles.